The highest BCUT2D eigenvalue weighted by molar-refractivity contribution is 5.79. The molecule has 0 saturated heterocycles. The first-order chi connectivity index (χ1) is 12.8. The summed E-state index contributed by atoms with van der Waals surface area (Å²) in [7, 11) is 1.49. The van der Waals surface area contributed by atoms with Crippen molar-refractivity contribution < 1.29 is 14.3 Å². The number of nitrogens with one attached hydrogen (secondary N) is 1. The number of carbonyl (C=O) groups excluding carboxylic acids is 1. The number of ether oxygens (including phenoxy) is 2. The van der Waals surface area contributed by atoms with Gasteiger partial charge in [-0.2, -0.15) is 5.10 Å². The Hall–Kier alpha value is -3.68. The molecule has 4 aromatic heterocycles. The van der Waals surface area contributed by atoms with E-state index in [1.165, 1.54) is 19.4 Å². The standard InChI is InChI=1S/C18H15N5O3/c1-25-18-6-13(10-24)16(7-19-18)26-11-14-9-23-8-12(2-3-17(23)21-14)15-4-5-20-22-15/h2-10H,11H2,1H3,(H,20,22). The number of aromatic amines is 1. The molecule has 0 radical (unpaired) electrons. The Morgan fingerprint density at radius 3 is 2.96 bits per heavy atom. The number of hydrogen-bond donors (Lipinski definition) is 1. The number of H-pyrrole nitrogens is 1. The fraction of sp³-hybridized carbons (Fsp3) is 0.111. The third-order valence-electron chi connectivity index (χ3n) is 3.90. The molecule has 0 spiro atoms. The Bertz CT molecular complexity index is 1060. The van der Waals surface area contributed by atoms with Gasteiger partial charge in [0.25, 0.3) is 0 Å². The lowest BCUT2D eigenvalue weighted by molar-refractivity contribution is 0.111. The predicted octanol–water partition coefficient (Wildman–Crippen LogP) is 2.52. The minimum Gasteiger partial charge on any atom is -0.485 e. The van der Waals surface area contributed by atoms with E-state index in [2.05, 4.69) is 20.2 Å². The van der Waals surface area contributed by atoms with E-state index in [0.717, 1.165) is 22.6 Å². The summed E-state index contributed by atoms with van der Waals surface area (Å²) < 4.78 is 12.6. The van der Waals surface area contributed by atoms with Crippen LogP contribution in [0.1, 0.15) is 16.1 Å². The summed E-state index contributed by atoms with van der Waals surface area (Å²) in [6.45, 7) is 0.218. The number of carbonyl (C=O) groups is 1. The van der Waals surface area contributed by atoms with E-state index in [4.69, 9.17) is 9.47 Å². The van der Waals surface area contributed by atoms with Crippen LogP contribution in [0.5, 0.6) is 11.6 Å². The summed E-state index contributed by atoms with van der Waals surface area (Å²) in [4.78, 5) is 19.8. The second-order valence-electron chi connectivity index (χ2n) is 5.56. The van der Waals surface area contributed by atoms with Crippen LogP contribution in [0.25, 0.3) is 16.9 Å². The van der Waals surface area contributed by atoms with Crippen molar-refractivity contribution in [2.24, 2.45) is 0 Å². The highest BCUT2D eigenvalue weighted by atomic mass is 16.5. The van der Waals surface area contributed by atoms with Gasteiger partial charge in [0.2, 0.25) is 5.88 Å². The van der Waals surface area contributed by atoms with Crippen molar-refractivity contribution in [3.63, 3.8) is 0 Å². The van der Waals surface area contributed by atoms with Crippen molar-refractivity contribution in [2.45, 2.75) is 6.61 Å². The monoisotopic (exact) mass is 349 g/mol. The van der Waals surface area contributed by atoms with Crippen molar-refractivity contribution in [3.8, 4) is 22.9 Å². The number of aldehydes is 1. The topological polar surface area (TPSA) is 94.4 Å². The molecule has 130 valence electrons. The van der Waals surface area contributed by atoms with Crippen LogP contribution in [0.2, 0.25) is 0 Å². The van der Waals surface area contributed by atoms with Gasteiger partial charge in [-0.25, -0.2) is 9.97 Å². The van der Waals surface area contributed by atoms with E-state index < -0.39 is 0 Å². The maximum atomic E-state index is 11.2. The third kappa shape index (κ3) is 3.00. The van der Waals surface area contributed by atoms with Crippen molar-refractivity contribution in [2.75, 3.05) is 7.11 Å². The van der Waals surface area contributed by atoms with Gasteiger partial charge in [0.15, 0.2) is 6.29 Å². The van der Waals surface area contributed by atoms with E-state index in [9.17, 15) is 4.79 Å². The average Bonchev–Trinajstić information content (AvgIpc) is 3.34. The second-order valence-corrected chi connectivity index (χ2v) is 5.56. The maximum Gasteiger partial charge on any atom is 0.213 e. The molecule has 0 aliphatic heterocycles. The average molecular weight is 349 g/mol. The molecule has 8 heteroatoms. The fourth-order valence-electron chi connectivity index (χ4n) is 2.60. The second kappa shape index (κ2) is 6.67. The number of rotatable bonds is 6. The summed E-state index contributed by atoms with van der Waals surface area (Å²) in [6.07, 6.45) is 7.73. The molecular formula is C18H15N5O3. The molecule has 4 heterocycles. The number of methoxy groups -OCH3 is 1. The minimum atomic E-state index is 0.218. The molecule has 1 N–H and O–H groups in total. The van der Waals surface area contributed by atoms with Gasteiger partial charge in [0.05, 0.1) is 30.3 Å². The van der Waals surface area contributed by atoms with Gasteiger partial charge in [-0.05, 0) is 18.2 Å². The first-order valence-corrected chi connectivity index (χ1v) is 7.86. The molecule has 0 aliphatic carbocycles. The first-order valence-electron chi connectivity index (χ1n) is 7.86. The Morgan fingerprint density at radius 2 is 2.19 bits per heavy atom. The minimum absolute atomic E-state index is 0.218. The highest BCUT2D eigenvalue weighted by Gasteiger charge is 2.09. The SMILES string of the molecule is COc1cc(C=O)c(OCc2cn3cc(-c4ccn[nH]4)ccc3n2)cn1. The van der Waals surface area contributed by atoms with Gasteiger partial charge in [-0.3, -0.25) is 9.89 Å². The lowest BCUT2D eigenvalue weighted by atomic mass is 10.2. The molecule has 0 bridgehead atoms. The molecule has 8 nitrogen and oxygen atoms in total. The van der Waals surface area contributed by atoms with Gasteiger partial charge in [0, 0.05) is 30.2 Å². The van der Waals surface area contributed by atoms with Crippen molar-refractivity contribution in [1.29, 1.82) is 0 Å². The summed E-state index contributed by atoms with van der Waals surface area (Å²) >= 11 is 0. The predicted molar refractivity (Wildman–Crippen MR) is 93.3 cm³/mol. The number of imidazole rings is 1. The molecular weight excluding hydrogens is 334 g/mol. The van der Waals surface area contributed by atoms with Crippen LogP contribution in [0.4, 0.5) is 0 Å². The molecule has 0 atom stereocenters. The Balaban J connectivity index is 1.55. The zero-order chi connectivity index (χ0) is 17.9. The van der Waals surface area contributed by atoms with Gasteiger partial charge in [0.1, 0.15) is 18.0 Å². The summed E-state index contributed by atoms with van der Waals surface area (Å²) in [5.74, 6) is 0.745. The molecule has 4 aromatic rings. The maximum absolute atomic E-state index is 11.2. The number of hydrogen-bond acceptors (Lipinski definition) is 6. The number of aromatic nitrogens is 5. The Kier molecular flexibility index (Phi) is 4.06. The quantitative estimate of drug-likeness (QED) is 0.538. The fourth-order valence-corrected chi connectivity index (χ4v) is 2.60. The molecule has 0 aliphatic rings. The third-order valence-corrected chi connectivity index (χ3v) is 3.90. The smallest absolute Gasteiger partial charge is 0.213 e. The summed E-state index contributed by atoms with van der Waals surface area (Å²) in [5, 5.41) is 6.90. The van der Waals surface area contributed by atoms with Crippen LogP contribution in [0.3, 0.4) is 0 Å². The first kappa shape index (κ1) is 15.8. The summed E-state index contributed by atoms with van der Waals surface area (Å²) in [5.41, 5.74) is 3.85. The van der Waals surface area contributed by atoms with Crippen LogP contribution in [0.15, 0.2) is 49.1 Å². The lowest BCUT2D eigenvalue weighted by Gasteiger charge is -2.07. The van der Waals surface area contributed by atoms with Crippen molar-refractivity contribution in [1.82, 2.24) is 24.6 Å². The molecule has 0 saturated carbocycles. The largest absolute Gasteiger partial charge is 0.485 e. The zero-order valence-corrected chi connectivity index (χ0v) is 13.9. The number of pyridine rings is 2. The van der Waals surface area contributed by atoms with Crippen LogP contribution in [-0.2, 0) is 6.61 Å². The lowest BCUT2D eigenvalue weighted by Crippen LogP contribution is -2.00. The molecule has 26 heavy (non-hydrogen) atoms. The van der Waals surface area contributed by atoms with Gasteiger partial charge < -0.3 is 13.9 Å². The van der Waals surface area contributed by atoms with E-state index in [-0.39, 0.29) is 6.61 Å². The molecule has 0 fully saturated rings. The van der Waals surface area contributed by atoms with Crippen LogP contribution >= 0.6 is 0 Å². The number of fused-ring (bicyclic) bond motifs is 1. The Morgan fingerprint density at radius 1 is 1.27 bits per heavy atom. The van der Waals surface area contributed by atoms with Crippen molar-refractivity contribution in [3.05, 3.63) is 60.3 Å². The van der Waals surface area contributed by atoms with Crippen LogP contribution < -0.4 is 9.47 Å². The van der Waals surface area contributed by atoms with E-state index >= 15 is 0 Å². The van der Waals surface area contributed by atoms with E-state index in [1.807, 2.05) is 35.0 Å². The van der Waals surface area contributed by atoms with Gasteiger partial charge in [-0.1, -0.05) is 0 Å². The van der Waals surface area contributed by atoms with E-state index in [1.54, 1.807) is 6.20 Å². The van der Waals surface area contributed by atoms with Gasteiger partial charge in [-0.15, -0.1) is 0 Å². The number of nitrogens with zero attached hydrogens (tertiary/aromatic N) is 4. The van der Waals surface area contributed by atoms with E-state index in [0.29, 0.717) is 23.5 Å². The van der Waals surface area contributed by atoms with Crippen LogP contribution in [0, 0.1) is 0 Å². The van der Waals surface area contributed by atoms with Crippen LogP contribution in [-0.4, -0.2) is 38.0 Å². The van der Waals surface area contributed by atoms with Gasteiger partial charge >= 0.3 is 0 Å². The molecule has 0 amide bonds. The summed E-state index contributed by atoms with van der Waals surface area (Å²) in [6, 6.07) is 7.33. The highest BCUT2D eigenvalue weighted by Crippen LogP contribution is 2.21. The molecule has 0 aromatic carbocycles. The molecule has 4 rings (SSSR count). The molecule has 0 unspecified atom stereocenters. The normalized spacial score (nSPS) is 10.8. The zero-order valence-electron chi connectivity index (χ0n) is 13.9. The van der Waals surface area contributed by atoms with Crippen molar-refractivity contribution >= 4 is 11.9 Å². The Labute approximate surface area is 148 Å².